The van der Waals surface area contributed by atoms with Crippen LogP contribution in [0.1, 0.15) is 25.7 Å². The number of nitrogens with one attached hydrogen (secondary N) is 1. The lowest BCUT2D eigenvalue weighted by Crippen LogP contribution is -2.39. The van der Waals surface area contributed by atoms with Crippen molar-refractivity contribution in [3.05, 3.63) is 28.7 Å². The second kappa shape index (κ2) is 5.19. The molecule has 2 fully saturated rings. The van der Waals surface area contributed by atoms with Crippen molar-refractivity contribution in [2.45, 2.75) is 37.5 Å². The van der Waals surface area contributed by atoms with Gasteiger partial charge in [-0.05, 0) is 40.9 Å². The van der Waals surface area contributed by atoms with Gasteiger partial charge in [-0.1, -0.05) is 12.1 Å². The lowest BCUT2D eigenvalue weighted by atomic mass is 9.90. The molecule has 2 aliphatic rings. The summed E-state index contributed by atoms with van der Waals surface area (Å²) in [5, 5.41) is 3.60. The van der Waals surface area contributed by atoms with E-state index >= 15 is 0 Å². The highest BCUT2D eigenvalue weighted by Crippen LogP contribution is 2.37. The summed E-state index contributed by atoms with van der Waals surface area (Å²) in [5.41, 5.74) is 1.17. The summed E-state index contributed by atoms with van der Waals surface area (Å²) >= 11 is 3.57. The number of rotatable bonds is 2. The predicted molar refractivity (Wildman–Crippen MR) is 74.7 cm³/mol. The van der Waals surface area contributed by atoms with E-state index in [-0.39, 0.29) is 5.79 Å². The van der Waals surface area contributed by atoms with E-state index in [1.54, 1.807) is 0 Å². The van der Waals surface area contributed by atoms with Gasteiger partial charge in [-0.15, -0.1) is 0 Å². The number of hydrogen-bond acceptors (Lipinski definition) is 3. The molecule has 0 aromatic heterocycles. The van der Waals surface area contributed by atoms with Crippen molar-refractivity contribution in [2.75, 3.05) is 18.5 Å². The number of hydrogen-bond donors (Lipinski definition) is 1. The Hall–Kier alpha value is -0.580. The molecule has 0 amide bonds. The molecule has 1 saturated heterocycles. The molecule has 98 valence electrons. The van der Waals surface area contributed by atoms with Crippen LogP contribution in [0.3, 0.4) is 0 Å². The fourth-order valence-corrected chi connectivity index (χ4v) is 3.19. The van der Waals surface area contributed by atoms with Crippen molar-refractivity contribution in [3.8, 4) is 0 Å². The van der Waals surface area contributed by atoms with Gasteiger partial charge >= 0.3 is 0 Å². The maximum absolute atomic E-state index is 5.74. The third kappa shape index (κ3) is 2.56. The second-order valence-corrected chi connectivity index (χ2v) is 5.86. The lowest BCUT2D eigenvalue weighted by Gasteiger charge is -2.36. The molecule has 1 N–H and O–H groups in total. The summed E-state index contributed by atoms with van der Waals surface area (Å²) in [7, 11) is 0. The topological polar surface area (TPSA) is 30.5 Å². The van der Waals surface area contributed by atoms with Gasteiger partial charge in [0.05, 0.1) is 13.2 Å². The van der Waals surface area contributed by atoms with E-state index in [2.05, 4.69) is 39.4 Å². The van der Waals surface area contributed by atoms with Gasteiger partial charge in [0.15, 0.2) is 5.79 Å². The van der Waals surface area contributed by atoms with Gasteiger partial charge in [0.1, 0.15) is 0 Å². The molecule has 3 nitrogen and oxygen atoms in total. The monoisotopic (exact) mass is 311 g/mol. The smallest absolute Gasteiger partial charge is 0.168 e. The molecule has 18 heavy (non-hydrogen) atoms. The zero-order valence-corrected chi connectivity index (χ0v) is 11.9. The van der Waals surface area contributed by atoms with Crippen LogP contribution in [0.2, 0.25) is 0 Å². The first kappa shape index (κ1) is 12.5. The third-order valence-corrected chi connectivity index (χ3v) is 4.49. The molecule has 1 heterocycles. The average molecular weight is 312 g/mol. The molecule has 4 heteroatoms. The number of halogens is 1. The summed E-state index contributed by atoms with van der Waals surface area (Å²) in [6, 6.07) is 8.78. The predicted octanol–water partition coefficient (Wildman–Crippen LogP) is 3.55. The molecule has 0 unspecified atom stereocenters. The van der Waals surface area contributed by atoms with Crippen LogP contribution in [0, 0.1) is 0 Å². The van der Waals surface area contributed by atoms with Gasteiger partial charge in [-0.2, -0.15) is 0 Å². The van der Waals surface area contributed by atoms with Gasteiger partial charge in [-0.25, -0.2) is 0 Å². The zero-order valence-electron chi connectivity index (χ0n) is 10.3. The summed E-state index contributed by atoms with van der Waals surface area (Å²) < 4.78 is 12.6. The Morgan fingerprint density at radius 3 is 2.44 bits per heavy atom. The molecule has 1 aromatic carbocycles. The van der Waals surface area contributed by atoms with E-state index < -0.39 is 0 Å². The summed E-state index contributed by atoms with van der Waals surface area (Å²) in [6.45, 7) is 1.50. The highest BCUT2D eigenvalue weighted by molar-refractivity contribution is 9.10. The van der Waals surface area contributed by atoms with Crippen molar-refractivity contribution in [3.63, 3.8) is 0 Å². The number of para-hydroxylation sites is 1. The van der Waals surface area contributed by atoms with Crippen LogP contribution in [0.15, 0.2) is 28.7 Å². The van der Waals surface area contributed by atoms with Gasteiger partial charge < -0.3 is 14.8 Å². The van der Waals surface area contributed by atoms with Crippen LogP contribution in [-0.2, 0) is 9.47 Å². The van der Waals surface area contributed by atoms with Crippen molar-refractivity contribution in [2.24, 2.45) is 0 Å². The van der Waals surface area contributed by atoms with Crippen LogP contribution in [-0.4, -0.2) is 25.0 Å². The normalized spacial score (nSPS) is 23.4. The van der Waals surface area contributed by atoms with Crippen LogP contribution < -0.4 is 5.32 Å². The molecule has 0 bridgehead atoms. The van der Waals surface area contributed by atoms with E-state index in [0.29, 0.717) is 6.04 Å². The van der Waals surface area contributed by atoms with E-state index in [9.17, 15) is 0 Å². The Kier molecular flexibility index (Phi) is 3.59. The van der Waals surface area contributed by atoms with E-state index in [1.807, 2.05) is 6.07 Å². The van der Waals surface area contributed by atoms with Crippen LogP contribution in [0.25, 0.3) is 0 Å². The van der Waals surface area contributed by atoms with Crippen molar-refractivity contribution < 1.29 is 9.47 Å². The standard InChI is InChI=1S/C14H18BrNO2/c15-12-3-1-2-4-13(12)16-11-5-7-14(8-6-11)17-9-10-18-14/h1-4,11,16H,5-10H2. The molecular weight excluding hydrogens is 294 g/mol. The van der Waals surface area contributed by atoms with Gasteiger partial charge in [0.25, 0.3) is 0 Å². The highest BCUT2D eigenvalue weighted by atomic mass is 79.9. The SMILES string of the molecule is Brc1ccccc1NC1CCC2(CC1)OCCO2. The van der Waals surface area contributed by atoms with E-state index in [0.717, 1.165) is 43.4 Å². The zero-order chi connectivity index (χ0) is 12.4. The Morgan fingerprint density at radius 1 is 1.11 bits per heavy atom. The first-order valence-electron chi connectivity index (χ1n) is 6.56. The van der Waals surface area contributed by atoms with Crippen molar-refractivity contribution >= 4 is 21.6 Å². The Labute approximate surface area is 116 Å². The maximum Gasteiger partial charge on any atom is 0.168 e. The number of ether oxygens (including phenoxy) is 2. The van der Waals surface area contributed by atoms with E-state index in [1.165, 1.54) is 5.69 Å². The Balaban J connectivity index is 1.59. The molecule has 3 rings (SSSR count). The molecular formula is C14H18BrNO2. The van der Waals surface area contributed by atoms with Crippen molar-refractivity contribution in [1.29, 1.82) is 0 Å². The molecule has 1 aliphatic carbocycles. The minimum absolute atomic E-state index is 0.258. The molecule has 1 saturated carbocycles. The maximum atomic E-state index is 5.74. The third-order valence-electron chi connectivity index (χ3n) is 3.79. The van der Waals surface area contributed by atoms with Gasteiger partial charge in [0, 0.05) is 29.0 Å². The highest BCUT2D eigenvalue weighted by Gasteiger charge is 2.40. The molecule has 1 aromatic rings. The first-order valence-corrected chi connectivity index (χ1v) is 7.36. The summed E-state index contributed by atoms with van der Waals surface area (Å²) in [6.07, 6.45) is 4.19. The summed E-state index contributed by atoms with van der Waals surface area (Å²) in [4.78, 5) is 0. The largest absolute Gasteiger partial charge is 0.381 e. The first-order chi connectivity index (χ1) is 8.77. The van der Waals surface area contributed by atoms with Crippen LogP contribution in [0.4, 0.5) is 5.69 Å². The summed E-state index contributed by atoms with van der Waals surface area (Å²) in [5.74, 6) is -0.258. The fourth-order valence-electron chi connectivity index (χ4n) is 2.79. The fraction of sp³-hybridized carbons (Fsp3) is 0.571. The van der Waals surface area contributed by atoms with Gasteiger partial charge in [0.2, 0.25) is 0 Å². The number of anilines is 1. The molecule has 0 atom stereocenters. The van der Waals surface area contributed by atoms with Crippen LogP contribution >= 0.6 is 15.9 Å². The molecule has 1 aliphatic heterocycles. The minimum atomic E-state index is -0.258. The van der Waals surface area contributed by atoms with Crippen molar-refractivity contribution in [1.82, 2.24) is 0 Å². The molecule has 1 spiro atoms. The Morgan fingerprint density at radius 2 is 1.78 bits per heavy atom. The van der Waals surface area contributed by atoms with Gasteiger partial charge in [-0.3, -0.25) is 0 Å². The second-order valence-electron chi connectivity index (χ2n) is 5.01. The minimum Gasteiger partial charge on any atom is -0.381 e. The number of benzene rings is 1. The average Bonchev–Trinajstić information content (AvgIpc) is 2.84. The van der Waals surface area contributed by atoms with Crippen LogP contribution in [0.5, 0.6) is 0 Å². The molecule has 0 radical (unpaired) electrons. The van der Waals surface area contributed by atoms with E-state index in [4.69, 9.17) is 9.47 Å². The Bertz CT molecular complexity index is 408. The lowest BCUT2D eigenvalue weighted by molar-refractivity contribution is -0.177. The quantitative estimate of drug-likeness (QED) is 0.906.